The minimum Gasteiger partial charge on any atom is -0.335 e. The molecule has 1 amide bonds. The SMILES string of the molecule is CC1CCCN(Cc2nc(NN)c3cnn(C)c3n2)C1=O. The fourth-order valence-electron chi connectivity index (χ4n) is 2.71. The smallest absolute Gasteiger partial charge is 0.225 e. The number of likely N-dealkylation sites (tertiary alicyclic amines) is 1. The lowest BCUT2D eigenvalue weighted by atomic mass is 9.99. The van der Waals surface area contributed by atoms with Crippen LogP contribution in [-0.2, 0) is 18.4 Å². The summed E-state index contributed by atoms with van der Waals surface area (Å²) in [5, 5.41) is 4.92. The number of fused-ring (bicyclic) bond motifs is 1. The van der Waals surface area contributed by atoms with Crippen molar-refractivity contribution >= 4 is 22.8 Å². The zero-order valence-electron chi connectivity index (χ0n) is 12.2. The van der Waals surface area contributed by atoms with E-state index in [1.54, 1.807) is 10.9 Å². The number of hydrogen-bond donors (Lipinski definition) is 2. The van der Waals surface area contributed by atoms with Crippen molar-refractivity contribution in [2.24, 2.45) is 18.8 Å². The molecule has 3 rings (SSSR count). The number of hydrogen-bond acceptors (Lipinski definition) is 6. The Morgan fingerprint density at radius 2 is 2.29 bits per heavy atom. The predicted octanol–water partition coefficient (Wildman–Crippen LogP) is 0.407. The van der Waals surface area contributed by atoms with Crippen LogP contribution in [0.5, 0.6) is 0 Å². The Balaban J connectivity index is 1.93. The van der Waals surface area contributed by atoms with Crippen LogP contribution in [0.15, 0.2) is 6.20 Å². The average molecular weight is 289 g/mol. The molecule has 8 heteroatoms. The van der Waals surface area contributed by atoms with Crippen molar-refractivity contribution in [3.8, 4) is 0 Å². The lowest BCUT2D eigenvalue weighted by Crippen LogP contribution is -2.40. The molecule has 0 bridgehead atoms. The quantitative estimate of drug-likeness (QED) is 0.626. The molecule has 1 fully saturated rings. The third-order valence-electron chi connectivity index (χ3n) is 3.91. The van der Waals surface area contributed by atoms with Gasteiger partial charge >= 0.3 is 0 Å². The van der Waals surface area contributed by atoms with Crippen LogP contribution in [0.4, 0.5) is 5.82 Å². The van der Waals surface area contributed by atoms with Crippen molar-refractivity contribution in [2.75, 3.05) is 12.0 Å². The number of nitrogen functional groups attached to an aromatic ring is 1. The molecule has 3 N–H and O–H groups in total. The minimum absolute atomic E-state index is 0.0753. The summed E-state index contributed by atoms with van der Waals surface area (Å²) in [5.74, 6) is 6.86. The highest BCUT2D eigenvalue weighted by molar-refractivity contribution is 5.86. The van der Waals surface area contributed by atoms with Crippen LogP contribution < -0.4 is 11.3 Å². The Morgan fingerprint density at radius 3 is 3.05 bits per heavy atom. The fourth-order valence-corrected chi connectivity index (χ4v) is 2.71. The van der Waals surface area contributed by atoms with Gasteiger partial charge < -0.3 is 10.3 Å². The second kappa shape index (κ2) is 5.28. The normalized spacial score (nSPS) is 19.3. The number of nitrogens with zero attached hydrogens (tertiary/aromatic N) is 5. The molecule has 0 aromatic carbocycles. The molecular formula is C13H19N7O. The molecule has 1 unspecified atom stereocenters. The lowest BCUT2D eigenvalue weighted by molar-refractivity contribution is -0.138. The maximum absolute atomic E-state index is 12.2. The molecule has 2 aromatic heterocycles. The van der Waals surface area contributed by atoms with Gasteiger partial charge in [-0.15, -0.1) is 0 Å². The number of piperidine rings is 1. The van der Waals surface area contributed by atoms with E-state index >= 15 is 0 Å². The van der Waals surface area contributed by atoms with E-state index in [0.717, 1.165) is 24.8 Å². The molecule has 2 aromatic rings. The van der Waals surface area contributed by atoms with Crippen LogP contribution in [0.2, 0.25) is 0 Å². The Bertz CT molecular complexity index is 680. The topological polar surface area (TPSA) is 102 Å². The Labute approximate surface area is 122 Å². The van der Waals surface area contributed by atoms with Crippen molar-refractivity contribution < 1.29 is 4.79 Å². The predicted molar refractivity (Wildman–Crippen MR) is 77.9 cm³/mol. The van der Waals surface area contributed by atoms with Gasteiger partial charge in [-0.3, -0.25) is 9.48 Å². The van der Waals surface area contributed by atoms with Gasteiger partial charge in [0.05, 0.1) is 18.1 Å². The molecule has 0 saturated carbocycles. The highest BCUT2D eigenvalue weighted by atomic mass is 16.2. The highest BCUT2D eigenvalue weighted by Crippen LogP contribution is 2.22. The molecule has 3 heterocycles. The summed E-state index contributed by atoms with van der Waals surface area (Å²) in [5.41, 5.74) is 3.27. The van der Waals surface area contributed by atoms with E-state index in [2.05, 4.69) is 20.5 Å². The second-order valence-electron chi connectivity index (χ2n) is 5.44. The van der Waals surface area contributed by atoms with E-state index in [1.165, 1.54) is 0 Å². The first kappa shape index (κ1) is 13.7. The van der Waals surface area contributed by atoms with Crippen LogP contribution in [0, 0.1) is 5.92 Å². The van der Waals surface area contributed by atoms with Gasteiger partial charge in [-0.25, -0.2) is 15.8 Å². The molecule has 8 nitrogen and oxygen atoms in total. The molecule has 0 spiro atoms. The van der Waals surface area contributed by atoms with Gasteiger partial charge in [-0.1, -0.05) is 6.92 Å². The van der Waals surface area contributed by atoms with Crippen LogP contribution in [0.3, 0.4) is 0 Å². The monoisotopic (exact) mass is 289 g/mol. The van der Waals surface area contributed by atoms with Crippen LogP contribution in [0.1, 0.15) is 25.6 Å². The number of amides is 1. The van der Waals surface area contributed by atoms with E-state index in [4.69, 9.17) is 5.84 Å². The van der Waals surface area contributed by atoms with E-state index < -0.39 is 0 Å². The van der Waals surface area contributed by atoms with E-state index in [1.807, 2.05) is 18.9 Å². The number of aryl methyl sites for hydroxylation is 1. The van der Waals surface area contributed by atoms with Gasteiger partial charge in [0.2, 0.25) is 5.91 Å². The van der Waals surface area contributed by atoms with E-state index in [0.29, 0.717) is 23.8 Å². The number of carbonyl (C=O) groups is 1. The molecule has 1 aliphatic heterocycles. The number of nitrogens with two attached hydrogens (primary N) is 1. The molecule has 1 saturated heterocycles. The summed E-state index contributed by atoms with van der Waals surface area (Å²) in [6.45, 7) is 3.12. The van der Waals surface area contributed by atoms with Gasteiger partial charge in [0, 0.05) is 19.5 Å². The Kier molecular flexibility index (Phi) is 3.46. The standard InChI is InChI=1S/C13H19N7O/c1-8-4-3-5-20(13(8)21)7-10-16-11(18-14)9-6-15-19(2)12(9)17-10/h6,8H,3-5,7,14H2,1-2H3,(H,16,17,18). The van der Waals surface area contributed by atoms with Crippen LogP contribution in [0.25, 0.3) is 11.0 Å². The molecule has 112 valence electrons. The number of rotatable bonds is 3. The summed E-state index contributed by atoms with van der Waals surface area (Å²) in [4.78, 5) is 22.9. The van der Waals surface area contributed by atoms with Crippen molar-refractivity contribution in [1.82, 2.24) is 24.6 Å². The van der Waals surface area contributed by atoms with Gasteiger partial charge in [-0.05, 0) is 12.8 Å². The maximum atomic E-state index is 12.2. The molecular weight excluding hydrogens is 270 g/mol. The number of hydrazine groups is 1. The van der Waals surface area contributed by atoms with Crippen molar-refractivity contribution in [3.05, 3.63) is 12.0 Å². The molecule has 21 heavy (non-hydrogen) atoms. The molecule has 1 atom stereocenters. The summed E-state index contributed by atoms with van der Waals surface area (Å²) in [6, 6.07) is 0. The molecule has 0 radical (unpaired) electrons. The van der Waals surface area contributed by atoms with Crippen molar-refractivity contribution in [3.63, 3.8) is 0 Å². The first-order valence-electron chi connectivity index (χ1n) is 7.04. The van der Waals surface area contributed by atoms with E-state index in [-0.39, 0.29) is 11.8 Å². The third-order valence-corrected chi connectivity index (χ3v) is 3.91. The zero-order valence-corrected chi connectivity index (χ0v) is 12.2. The number of anilines is 1. The highest BCUT2D eigenvalue weighted by Gasteiger charge is 2.26. The van der Waals surface area contributed by atoms with Crippen molar-refractivity contribution in [1.29, 1.82) is 0 Å². The first-order chi connectivity index (χ1) is 10.1. The maximum Gasteiger partial charge on any atom is 0.225 e. The number of carbonyl (C=O) groups excluding carboxylic acids is 1. The number of aromatic nitrogens is 4. The minimum atomic E-state index is 0.0753. The molecule has 1 aliphatic rings. The third kappa shape index (κ3) is 2.42. The average Bonchev–Trinajstić information content (AvgIpc) is 2.85. The van der Waals surface area contributed by atoms with Gasteiger partial charge in [0.15, 0.2) is 17.3 Å². The van der Waals surface area contributed by atoms with Gasteiger partial charge in [-0.2, -0.15) is 5.10 Å². The lowest BCUT2D eigenvalue weighted by Gasteiger charge is -2.30. The Hall–Kier alpha value is -2.22. The Morgan fingerprint density at radius 1 is 1.48 bits per heavy atom. The summed E-state index contributed by atoms with van der Waals surface area (Å²) < 4.78 is 1.67. The zero-order chi connectivity index (χ0) is 15.0. The van der Waals surface area contributed by atoms with Crippen molar-refractivity contribution in [2.45, 2.75) is 26.3 Å². The van der Waals surface area contributed by atoms with Crippen LogP contribution >= 0.6 is 0 Å². The van der Waals surface area contributed by atoms with E-state index in [9.17, 15) is 4.79 Å². The van der Waals surface area contributed by atoms with Crippen LogP contribution in [-0.4, -0.2) is 37.1 Å². The largest absolute Gasteiger partial charge is 0.335 e. The van der Waals surface area contributed by atoms with Gasteiger partial charge in [0.1, 0.15) is 0 Å². The number of nitrogens with one attached hydrogen (secondary N) is 1. The summed E-state index contributed by atoms with van der Waals surface area (Å²) >= 11 is 0. The molecule has 0 aliphatic carbocycles. The first-order valence-corrected chi connectivity index (χ1v) is 7.04. The fraction of sp³-hybridized carbons (Fsp3) is 0.538. The second-order valence-corrected chi connectivity index (χ2v) is 5.44. The summed E-state index contributed by atoms with van der Waals surface area (Å²) in [7, 11) is 1.81. The summed E-state index contributed by atoms with van der Waals surface area (Å²) in [6.07, 6.45) is 3.64. The van der Waals surface area contributed by atoms with Gasteiger partial charge in [0.25, 0.3) is 0 Å².